The van der Waals surface area contributed by atoms with E-state index in [-0.39, 0.29) is 31.4 Å². The van der Waals surface area contributed by atoms with Crippen LogP contribution in [-0.2, 0) is 13.2 Å². The highest BCUT2D eigenvalue weighted by molar-refractivity contribution is 5.85. The van der Waals surface area contributed by atoms with Gasteiger partial charge in [-0.05, 0) is 37.9 Å². The van der Waals surface area contributed by atoms with Crippen molar-refractivity contribution in [3.63, 3.8) is 0 Å². The van der Waals surface area contributed by atoms with Gasteiger partial charge in [0, 0.05) is 24.3 Å². The number of halogens is 2. The summed E-state index contributed by atoms with van der Waals surface area (Å²) >= 11 is 0. The van der Waals surface area contributed by atoms with Crippen molar-refractivity contribution in [2.24, 2.45) is 0 Å². The van der Waals surface area contributed by atoms with Crippen LogP contribution in [0.2, 0.25) is 0 Å². The molecule has 26 heavy (non-hydrogen) atoms. The van der Waals surface area contributed by atoms with Crippen molar-refractivity contribution in [3.05, 3.63) is 59.4 Å². The molecule has 0 saturated heterocycles. The maximum Gasteiger partial charge on any atom is 0.166 e. The van der Waals surface area contributed by atoms with Crippen molar-refractivity contribution >= 4 is 12.4 Å². The molecular formula is C20H27ClFNO3. The van der Waals surface area contributed by atoms with Gasteiger partial charge in [0.05, 0.1) is 7.11 Å². The minimum Gasteiger partial charge on any atom is -0.493 e. The first-order valence-electron chi connectivity index (χ1n) is 8.60. The Morgan fingerprint density at radius 3 is 2.50 bits per heavy atom. The molecule has 144 valence electrons. The van der Waals surface area contributed by atoms with Gasteiger partial charge in [0.2, 0.25) is 0 Å². The van der Waals surface area contributed by atoms with Crippen LogP contribution in [0.4, 0.5) is 4.39 Å². The molecule has 0 radical (unpaired) electrons. The van der Waals surface area contributed by atoms with Gasteiger partial charge in [-0.25, -0.2) is 4.39 Å². The highest BCUT2D eigenvalue weighted by Crippen LogP contribution is 2.32. The van der Waals surface area contributed by atoms with Crippen LogP contribution in [0.3, 0.4) is 0 Å². The summed E-state index contributed by atoms with van der Waals surface area (Å²) in [5.41, 5.74) is 1.48. The third kappa shape index (κ3) is 6.83. The molecule has 2 rings (SSSR count). The average Bonchev–Trinajstić information content (AvgIpc) is 2.64. The summed E-state index contributed by atoms with van der Waals surface area (Å²) in [6.07, 6.45) is 2.84. The lowest BCUT2D eigenvalue weighted by atomic mass is 10.1. The molecule has 0 aromatic heterocycles. The first-order valence-corrected chi connectivity index (χ1v) is 8.60. The third-order valence-electron chi connectivity index (χ3n) is 3.94. The second kappa shape index (κ2) is 12.5. The smallest absolute Gasteiger partial charge is 0.166 e. The van der Waals surface area contributed by atoms with Gasteiger partial charge in [-0.1, -0.05) is 30.3 Å². The van der Waals surface area contributed by atoms with Crippen LogP contribution in [0.1, 0.15) is 30.4 Å². The van der Waals surface area contributed by atoms with Gasteiger partial charge in [0.15, 0.2) is 11.5 Å². The highest BCUT2D eigenvalue weighted by atomic mass is 35.5. The number of hydrogen-bond donors (Lipinski definition) is 2. The monoisotopic (exact) mass is 383 g/mol. The van der Waals surface area contributed by atoms with Gasteiger partial charge in [-0.2, -0.15) is 0 Å². The molecule has 0 saturated carbocycles. The first-order chi connectivity index (χ1) is 12.3. The Labute approximate surface area is 160 Å². The van der Waals surface area contributed by atoms with Crippen LogP contribution in [0.5, 0.6) is 11.5 Å². The van der Waals surface area contributed by atoms with Crippen LogP contribution in [0, 0.1) is 5.82 Å². The molecule has 0 unspecified atom stereocenters. The van der Waals surface area contributed by atoms with Gasteiger partial charge in [0.1, 0.15) is 12.4 Å². The molecule has 0 aliphatic carbocycles. The van der Waals surface area contributed by atoms with Crippen LogP contribution in [-0.4, -0.2) is 25.4 Å². The van der Waals surface area contributed by atoms with E-state index in [0.717, 1.165) is 31.4 Å². The van der Waals surface area contributed by atoms with Gasteiger partial charge in [-0.3, -0.25) is 0 Å². The molecule has 0 spiro atoms. The number of methoxy groups -OCH3 is 1. The first kappa shape index (κ1) is 22.2. The molecule has 4 nitrogen and oxygen atoms in total. The number of nitrogens with one attached hydrogen (secondary N) is 1. The van der Waals surface area contributed by atoms with Crippen molar-refractivity contribution in [2.75, 3.05) is 20.3 Å². The van der Waals surface area contributed by atoms with E-state index >= 15 is 0 Å². The van der Waals surface area contributed by atoms with Crippen molar-refractivity contribution in [3.8, 4) is 11.5 Å². The normalized spacial score (nSPS) is 10.3. The number of hydrogen-bond acceptors (Lipinski definition) is 4. The zero-order valence-electron chi connectivity index (χ0n) is 15.0. The Morgan fingerprint density at radius 2 is 1.77 bits per heavy atom. The summed E-state index contributed by atoms with van der Waals surface area (Å²) in [7, 11) is 1.59. The number of rotatable bonds is 11. The summed E-state index contributed by atoms with van der Waals surface area (Å²) in [6.45, 7) is 1.90. The average molecular weight is 384 g/mol. The van der Waals surface area contributed by atoms with Gasteiger partial charge < -0.3 is 19.9 Å². The fraction of sp³-hybridized carbons (Fsp3) is 0.400. The number of benzene rings is 2. The largest absolute Gasteiger partial charge is 0.493 e. The van der Waals surface area contributed by atoms with Crippen molar-refractivity contribution in [2.45, 2.75) is 32.4 Å². The van der Waals surface area contributed by atoms with E-state index in [1.807, 2.05) is 18.2 Å². The lowest BCUT2D eigenvalue weighted by Gasteiger charge is -2.16. The Kier molecular flexibility index (Phi) is 10.7. The quantitative estimate of drug-likeness (QED) is 0.574. The number of aliphatic hydroxyl groups is 1. The van der Waals surface area contributed by atoms with E-state index in [0.29, 0.717) is 23.6 Å². The SMILES string of the molecule is COc1cccc(CNCCCCCO)c1OCc1ccccc1F.Cl. The zero-order chi connectivity index (χ0) is 17.9. The maximum atomic E-state index is 13.8. The Balaban J connectivity index is 0.00000338. The summed E-state index contributed by atoms with van der Waals surface area (Å²) < 4.78 is 25.1. The predicted molar refractivity (Wildman–Crippen MR) is 104 cm³/mol. The number of unbranched alkanes of at least 4 members (excludes halogenated alkanes) is 2. The topological polar surface area (TPSA) is 50.7 Å². The lowest BCUT2D eigenvalue weighted by molar-refractivity contribution is 0.275. The minimum atomic E-state index is -0.277. The van der Waals surface area contributed by atoms with Crippen molar-refractivity contribution in [1.29, 1.82) is 0 Å². The lowest BCUT2D eigenvalue weighted by Crippen LogP contribution is -2.16. The van der Waals surface area contributed by atoms with Crippen molar-refractivity contribution < 1.29 is 19.0 Å². The zero-order valence-corrected chi connectivity index (χ0v) is 15.9. The van der Waals surface area contributed by atoms with E-state index in [2.05, 4.69) is 5.32 Å². The molecule has 0 fully saturated rings. The van der Waals surface area contributed by atoms with Crippen LogP contribution < -0.4 is 14.8 Å². The van der Waals surface area contributed by atoms with E-state index in [9.17, 15) is 4.39 Å². The summed E-state index contributed by atoms with van der Waals surface area (Å²) in [5.74, 6) is 0.994. The fourth-order valence-corrected chi connectivity index (χ4v) is 2.55. The van der Waals surface area contributed by atoms with E-state index < -0.39 is 0 Å². The van der Waals surface area contributed by atoms with Gasteiger partial charge in [-0.15, -0.1) is 12.4 Å². The molecule has 0 heterocycles. The van der Waals surface area contributed by atoms with E-state index in [4.69, 9.17) is 14.6 Å². The molecular weight excluding hydrogens is 357 g/mol. The molecule has 0 aliphatic heterocycles. The van der Waals surface area contributed by atoms with Crippen molar-refractivity contribution in [1.82, 2.24) is 5.32 Å². The van der Waals surface area contributed by atoms with Gasteiger partial charge >= 0.3 is 0 Å². The maximum absolute atomic E-state index is 13.8. The molecule has 0 amide bonds. The summed E-state index contributed by atoms with van der Waals surface area (Å²) in [5, 5.41) is 12.2. The highest BCUT2D eigenvalue weighted by Gasteiger charge is 2.11. The molecule has 2 aromatic rings. The molecule has 2 N–H and O–H groups in total. The third-order valence-corrected chi connectivity index (χ3v) is 3.94. The second-order valence-corrected chi connectivity index (χ2v) is 5.79. The minimum absolute atomic E-state index is 0. The number of para-hydroxylation sites is 1. The van der Waals surface area contributed by atoms with Gasteiger partial charge in [0.25, 0.3) is 0 Å². The molecule has 0 atom stereocenters. The standard InChI is InChI=1S/C20H26FNO3.ClH/c1-24-19-11-7-9-16(14-22-12-5-2-6-13-23)20(19)25-15-17-8-3-4-10-18(17)21;/h3-4,7-11,22-23H,2,5-6,12-15H2,1H3;1H. The summed E-state index contributed by atoms with van der Waals surface area (Å²) in [4.78, 5) is 0. The number of aliphatic hydroxyl groups excluding tert-OH is 1. The second-order valence-electron chi connectivity index (χ2n) is 5.79. The van der Waals surface area contributed by atoms with Crippen LogP contribution in [0.15, 0.2) is 42.5 Å². The Bertz CT molecular complexity index is 655. The Hall–Kier alpha value is -1.82. The van der Waals surface area contributed by atoms with E-state index in [1.54, 1.807) is 25.3 Å². The molecule has 6 heteroatoms. The van der Waals surface area contributed by atoms with Crippen LogP contribution >= 0.6 is 12.4 Å². The number of ether oxygens (including phenoxy) is 2. The predicted octanol–water partition coefficient (Wildman–Crippen LogP) is 4.09. The Morgan fingerprint density at radius 1 is 1.00 bits per heavy atom. The molecule has 0 aliphatic rings. The summed E-state index contributed by atoms with van der Waals surface area (Å²) in [6, 6.07) is 12.3. The van der Waals surface area contributed by atoms with Crippen LogP contribution in [0.25, 0.3) is 0 Å². The molecule has 0 bridgehead atoms. The van der Waals surface area contributed by atoms with E-state index in [1.165, 1.54) is 6.07 Å². The fourth-order valence-electron chi connectivity index (χ4n) is 2.55. The molecule has 2 aromatic carbocycles.